The number of aromatic nitrogens is 2. The molecular weight excluding hydrogens is 332 g/mol. The molecule has 0 saturated heterocycles. The first-order valence-corrected chi connectivity index (χ1v) is 6.97. The number of anilines is 1. The van der Waals surface area contributed by atoms with Gasteiger partial charge in [-0.05, 0) is 64.2 Å². The van der Waals surface area contributed by atoms with E-state index in [1.165, 1.54) is 11.8 Å². The van der Waals surface area contributed by atoms with Crippen LogP contribution >= 0.6 is 39.9 Å². The first-order valence-electron chi connectivity index (χ1n) is 4.95. The first-order chi connectivity index (χ1) is 8.63. The second-order valence-electron chi connectivity index (χ2n) is 3.30. The lowest BCUT2D eigenvalue weighted by Gasteiger charge is -2.04. The number of nitrogens with one attached hydrogen (secondary N) is 1. The molecule has 0 spiro atoms. The van der Waals surface area contributed by atoms with Gasteiger partial charge in [0, 0.05) is 23.0 Å². The standard InChI is InChI=1S/C11H9BrN4S2/c12-7-5-14-11(15-6-7)18-9-3-1-8(2-4-9)16-10(13)17/h1-6H,(H3,13,16,17). The predicted molar refractivity (Wildman–Crippen MR) is 80.7 cm³/mol. The minimum atomic E-state index is 0.256. The SMILES string of the molecule is NC(=S)Nc1ccc(Sc2ncc(Br)cn2)cc1. The van der Waals surface area contributed by atoms with E-state index < -0.39 is 0 Å². The summed E-state index contributed by atoms with van der Waals surface area (Å²) >= 11 is 9.55. The molecule has 0 bridgehead atoms. The van der Waals surface area contributed by atoms with Crippen LogP contribution in [0, 0.1) is 0 Å². The van der Waals surface area contributed by atoms with Crippen LogP contribution in [0.25, 0.3) is 0 Å². The van der Waals surface area contributed by atoms with Gasteiger partial charge in [-0.2, -0.15) is 0 Å². The highest BCUT2D eigenvalue weighted by molar-refractivity contribution is 9.10. The Balaban J connectivity index is 2.06. The summed E-state index contributed by atoms with van der Waals surface area (Å²) in [6.07, 6.45) is 3.44. The van der Waals surface area contributed by atoms with Gasteiger partial charge in [0.05, 0.1) is 4.47 Å². The molecule has 0 saturated carbocycles. The van der Waals surface area contributed by atoms with Crippen LogP contribution in [0.4, 0.5) is 5.69 Å². The molecule has 1 aromatic carbocycles. The summed E-state index contributed by atoms with van der Waals surface area (Å²) in [6, 6.07) is 7.72. The number of rotatable bonds is 3. The Kier molecular flexibility index (Phi) is 4.51. The molecule has 0 atom stereocenters. The van der Waals surface area contributed by atoms with Gasteiger partial charge in [-0.15, -0.1) is 0 Å². The Morgan fingerprint density at radius 2 is 1.83 bits per heavy atom. The summed E-state index contributed by atoms with van der Waals surface area (Å²) in [6.45, 7) is 0. The van der Waals surface area contributed by atoms with Crippen LogP contribution in [0.5, 0.6) is 0 Å². The van der Waals surface area contributed by atoms with Crippen LogP contribution in [0.15, 0.2) is 51.2 Å². The maximum atomic E-state index is 5.39. The number of hydrogen-bond acceptors (Lipinski definition) is 4. The average Bonchev–Trinajstić information content (AvgIpc) is 2.34. The van der Waals surface area contributed by atoms with Crippen molar-refractivity contribution in [3.63, 3.8) is 0 Å². The Bertz CT molecular complexity index is 542. The minimum absolute atomic E-state index is 0.256. The first kappa shape index (κ1) is 13.3. The maximum Gasteiger partial charge on any atom is 0.192 e. The fraction of sp³-hybridized carbons (Fsp3) is 0. The van der Waals surface area contributed by atoms with E-state index in [1.54, 1.807) is 12.4 Å². The highest BCUT2D eigenvalue weighted by Crippen LogP contribution is 2.25. The lowest BCUT2D eigenvalue weighted by molar-refractivity contribution is 0.958. The zero-order chi connectivity index (χ0) is 13.0. The van der Waals surface area contributed by atoms with Gasteiger partial charge in [0.2, 0.25) is 0 Å². The van der Waals surface area contributed by atoms with Crippen molar-refractivity contribution < 1.29 is 0 Å². The van der Waals surface area contributed by atoms with Gasteiger partial charge in [0.1, 0.15) is 0 Å². The minimum Gasteiger partial charge on any atom is -0.376 e. The summed E-state index contributed by atoms with van der Waals surface area (Å²) in [5, 5.41) is 3.82. The zero-order valence-corrected chi connectivity index (χ0v) is 12.3. The van der Waals surface area contributed by atoms with Crippen LogP contribution in [0.3, 0.4) is 0 Å². The summed E-state index contributed by atoms with van der Waals surface area (Å²) < 4.78 is 0.864. The predicted octanol–water partition coefficient (Wildman–Crippen LogP) is 3.05. The number of nitrogens with two attached hydrogens (primary N) is 1. The van der Waals surface area contributed by atoms with E-state index in [2.05, 4.69) is 31.2 Å². The Labute approximate surface area is 123 Å². The van der Waals surface area contributed by atoms with Crippen molar-refractivity contribution in [2.75, 3.05) is 5.32 Å². The smallest absolute Gasteiger partial charge is 0.192 e. The fourth-order valence-corrected chi connectivity index (χ4v) is 2.22. The van der Waals surface area contributed by atoms with Crippen molar-refractivity contribution in [3.8, 4) is 0 Å². The van der Waals surface area contributed by atoms with Crippen LogP contribution in [0.1, 0.15) is 0 Å². The summed E-state index contributed by atoms with van der Waals surface area (Å²) in [5.41, 5.74) is 6.26. The van der Waals surface area contributed by atoms with Crippen LogP contribution in [0.2, 0.25) is 0 Å². The van der Waals surface area contributed by atoms with E-state index in [1.807, 2.05) is 24.3 Å². The molecule has 7 heteroatoms. The zero-order valence-electron chi connectivity index (χ0n) is 9.13. The summed E-state index contributed by atoms with van der Waals surface area (Å²) in [4.78, 5) is 9.43. The van der Waals surface area contributed by atoms with Gasteiger partial charge >= 0.3 is 0 Å². The molecule has 0 radical (unpaired) electrons. The second-order valence-corrected chi connectivity index (χ2v) is 5.70. The molecule has 2 rings (SSSR count). The molecule has 0 amide bonds. The molecule has 18 heavy (non-hydrogen) atoms. The number of hydrogen-bond donors (Lipinski definition) is 2. The maximum absolute atomic E-state index is 5.39. The molecule has 3 N–H and O–H groups in total. The molecular formula is C11H9BrN4S2. The van der Waals surface area contributed by atoms with Gasteiger partial charge in [0.25, 0.3) is 0 Å². The third kappa shape index (κ3) is 3.94. The molecule has 2 aromatic rings. The topological polar surface area (TPSA) is 63.8 Å². The van der Waals surface area contributed by atoms with E-state index in [9.17, 15) is 0 Å². The monoisotopic (exact) mass is 340 g/mol. The third-order valence-electron chi connectivity index (χ3n) is 1.93. The molecule has 0 aliphatic carbocycles. The van der Waals surface area contributed by atoms with Crippen LogP contribution < -0.4 is 11.1 Å². The van der Waals surface area contributed by atoms with Crippen molar-refractivity contribution in [1.82, 2.24) is 9.97 Å². The van der Waals surface area contributed by atoms with Gasteiger partial charge in [0.15, 0.2) is 10.3 Å². The number of thiocarbonyl (C=S) groups is 1. The van der Waals surface area contributed by atoms with Gasteiger partial charge < -0.3 is 11.1 Å². The summed E-state index contributed by atoms with van der Waals surface area (Å²) in [5.74, 6) is 0. The Hall–Kier alpha value is -1.18. The van der Waals surface area contributed by atoms with E-state index >= 15 is 0 Å². The van der Waals surface area contributed by atoms with E-state index in [-0.39, 0.29) is 5.11 Å². The third-order valence-corrected chi connectivity index (χ3v) is 3.34. The lowest BCUT2D eigenvalue weighted by Crippen LogP contribution is -2.18. The van der Waals surface area contributed by atoms with Gasteiger partial charge in [-0.3, -0.25) is 0 Å². The number of benzene rings is 1. The largest absolute Gasteiger partial charge is 0.376 e. The quantitative estimate of drug-likeness (QED) is 0.661. The summed E-state index contributed by atoms with van der Waals surface area (Å²) in [7, 11) is 0. The molecule has 1 heterocycles. The highest BCUT2D eigenvalue weighted by atomic mass is 79.9. The van der Waals surface area contributed by atoms with E-state index in [4.69, 9.17) is 18.0 Å². The van der Waals surface area contributed by atoms with Crippen molar-refractivity contribution in [2.24, 2.45) is 5.73 Å². The Morgan fingerprint density at radius 1 is 1.22 bits per heavy atom. The van der Waals surface area contributed by atoms with Gasteiger partial charge in [-0.1, -0.05) is 0 Å². The number of halogens is 1. The molecule has 0 aliphatic heterocycles. The fourth-order valence-electron chi connectivity index (χ4n) is 1.21. The normalized spacial score (nSPS) is 10.1. The molecule has 1 aromatic heterocycles. The van der Waals surface area contributed by atoms with Crippen LogP contribution in [-0.4, -0.2) is 15.1 Å². The van der Waals surface area contributed by atoms with Crippen molar-refractivity contribution in [1.29, 1.82) is 0 Å². The molecule has 0 aliphatic rings. The Morgan fingerprint density at radius 3 is 2.39 bits per heavy atom. The van der Waals surface area contributed by atoms with Gasteiger partial charge in [-0.25, -0.2) is 9.97 Å². The van der Waals surface area contributed by atoms with E-state index in [0.29, 0.717) is 5.16 Å². The second kappa shape index (κ2) is 6.12. The highest BCUT2D eigenvalue weighted by Gasteiger charge is 2.01. The molecule has 4 nitrogen and oxygen atoms in total. The number of nitrogens with zero attached hydrogens (tertiary/aromatic N) is 2. The average molecular weight is 341 g/mol. The molecule has 0 fully saturated rings. The molecule has 92 valence electrons. The van der Waals surface area contributed by atoms with Crippen molar-refractivity contribution in [2.45, 2.75) is 10.1 Å². The van der Waals surface area contributed by atoms with E-state index in [0.717, 1.165) is 15.1 Å². The van der Waals surface area contributed by atoms with Crippen LogP contribution in [-0.2, 0) is 0 Å². The lowest BCUT2D eigenvalue weighted by atomic mass is 10.3. The molecule has 0 unspecified atom stereocenters. The van der Waals surface area contributed by atoms with Crippen molar-refractivity contribution >= 4 is 50.7 Å². The van der Waals surface area contributed by atoms with Crippen molar-refractivity contribution in [3.05, 3.63) is 41.1 Å².